The summed E-state index contributed by atoms with van der Waals surface area (Å²) in [4.78, 5) is 11.6. The molecule has 0 spiro atoms. The Hall–Kier alpha value is -0.620. The van der Waals surface area contributed by atoms with Crippen LogP contribution in [0.4, 0.5) is 0 Å². The summed E-state index contributed by atoms with van der Waals surface area (Å²) in [6, 6.07) is 0.0115. The molecule has 0 aromatic carbocycles. The minimum absolute atomic E-state index is 0.0115. The average molecular weight is 262 g/mol. The van der Waals surface area contributed by atoms with Crippen LogP contribution >= 0.6 is 0 Å². The molecule has 1 fully saturated rings. The van der Waals surface area contributed by atoms with Crippen molar-refractivity contribution in [2.24, 2.45) is 0 Å². The highest BCUT2D eigenvalue weighted by Crippen LogP contribution is 2.24. The van der Waals surface area contributed by atoms with Gasteiger partial charge in [0.25, 0.3) is 0 Å². The van der Waals surface area contributed by atoms with Gasteiger partial charge in [-0.05, 0) is 19.3 Å². The number of sulfonamides is 1. The van der Waals surface area contributed by atoms with E-state index < -0.39 is 10.0 Å². The highest BCUT2D eigenvalue weighted by atomic mass is 32.2. The summed E-state index contributed by atoms with van der Waals surface area (Å²) in [5.74, 6) is -0.204. The number of nitrogens with zero attached hydrogens (tertiary/aromatic N) is 1. The second kappa shape index (κ2) is 6.35. The van der Waals surface area contributed by atoms with Crippen LogP contribution in [0.1, 0.15) is 39.0 Å². The van der Waals surface area contributed by atoms with E-state index in [0.29, 0.717) is 6.54 Å². The summed E-state index contributed by atoms with van der Waals surface area (Å²) < 4.78 is 24.7. The Morgan fingerprint density at radius 2 is 1.94 bits per heavy atom. The number of carbonyl (C=O) groups excluding carboxylic acids is 1. The van der Waals surface area contributed by atoms with Gasteiger partial charge in [-0.2, -0.15) is 4.31 Å². The van der Waals surface area contributed by atoms with Gasteiger partial charge in [-0.1, -0.05) is 19.8 Å². The van der Waals surface area contributed by atoms with E-state index in [1.807, 2.05) is 6.92 Å². The molecule has 0 atom stereocenters. The Labute approximate surface area is 104 Å². The fourth-order valence-corrected chi connectivity index (χ4v) is 3.28. The third kappa shape index (κ3) is 4.63. The van der Waals surface area contributed by atoms with Gasteiger partial charge in [0, 0.05) is 12.6 Å². The summed E-state index contributed by atoms with van der Waals surface area (Å²) in [6.07, 6.45) is 5.87. The largest absolute Gasteiger partial charge is 0.355 e. The molecule has 1 saturated carbocycles. The lowest BCUT2D eigenvalue weighted by Gasteiger charge is -2.25. The first-order valence-electron chi connectivity index (χ1n) is 6.18. The molecule has 0 unspecified atom stereocenters. The second-order valence-electron chi connectivity index (χ2n) is 4.60. The van der Waals surface area contributed by atoms with Crippen molar-refractivity contribution in [2.45, 2.75) is 45.1 Å². The molecule has 1 amide bonds. The quantitative estimate of drug-likeness (QED) is 0.767. The van der Waals surface area contributed by atoms with Crippen LogP contribution in [-0.4, -0.2) is 44.0 Å². The van der Waals surface area contributed by atoms with Gasteiger partial charge in [0.15, 0.2) is 0 Å². The molecule has 1 N–H and O–H groups in total. The number of amides is 1. The van der Waals surface area contributed by atoms with Crippen molar-refractivity contribution in [1.29, 1.82) is 0 Å². The molecule has 0 aliphatic heterocycles. The zero-order valence-corrected chi connectivity index (χ0v) is 11.4. The molecule has 1 aliphatic carbocycles. The summed E-state index contributed by atoms with van der Waals surface area (Å²) in [6.45, 7) is 2.52. The highest BCUT2D eigenvalue weighted by molar-refractivity contribution is 7.88. The van der Waals surface area contributed by atoms with E-state index >= 15 is 0 Å². The number of carbonyl (C=O) groups is 1. The molecular weight excluding hydrogens is 240 g/mol. The Kier molecular flexibility index (Phi) is 5.39. The first-order valence-corrected chi connectivity index (χ1v) is 8.03. The van der Waals surface area contributed by atoms with E-state index in [1.54, 1.807) is 0 Å². The number of rotatable bonds is 6. The standard InChI is InChI=1S/C11H22N2O3S/c1-3-8-12-11(14)9-13(17(2,15)16)10-6-4-5-7-10/h10H,3-9H2,1-2H3,(H,12,14). The van der Waals surface area contributed by atoms with Crippen LogP contribution in [0.2, 0.25) is 0 Å². The molecule has 17 heavy (non-hydrogen) atoms. The number of hydrogen-bond acceptors (Lipinski definition) is 3. The van der Waals surface area contributed by atoms with Gasteiger partial charge in [0.1, 0.15) is 0 Å². The fraction of sp³-hybridized carbons (Fsp3) is 0.909. The Morgan fingerprint density at radius 3 is 2.41 bits per heavy atom. The van der Waals surface area contributed by atoms with Crippen LogP contribution in [0, 0.1) is 0 Å². The monoisotopic (exact) mass is 262 g/mol. The van der Waals surface area contributed by atoms with Crippen LogP contribution < -0.4 is 5.32 Å². The lowest BCUT2D eigenvalue weighted by Crippen LogP contribution is -2.45. The Bertz CT molecular complexity index is 348. The van der Waals surface area contributed by atoms with Gasteiger partial charge < -0.3 is 5.32 Å². The van der Waals surface area contributed by atoms with Crippen LogP contribution in [0.5, 0.6) is 0 Å². The number of nitrogens with one attached hydrogen (secondary N) is 1. The van der Waals surface area contributed by atoms with Crippen molar-refractivity contribution in [1.82, 2.24) is 9.62 Å². The maximum absolute atomic E-state index is 11.7. The normalized spacial score (nSPS) is 17.6. The maximum atomic E-state index is 11.7. The lowest BCUT2D eigenvalue weighted by molar-refractivity contribution is -0.121. The molecule has 6 heteroatoms. The predicted molar refractivity (Wildman–Crippen MR) is 67.1 cm³/mol. The topological polar surface area (TPSA) is 66.5 Å². The molecule has 5 nitrogen and oxygen atoms in total. The van der Waals surface area contributed by atoms with Gasteiger partial charge in [-0.15, -0.1) is 0 Å². The van der Waals surface area contributed by atoms with E-state index in [9.17, 15) is 13.2 Å². The van der Waals surface area contributed by atoms with E-state index in [1.165, 1.54) is 10.6 Å². The lowest BCUT2D eigenvalue weighted by atomic mass is 10.2. The average Bonchev–Trinajstić information content (AvgIpc) is 2.74. The zero-order valence-electron chi connectivity index (χ0n) is 10.6. The molecule has 0 aromatic heterocycles. The molecule has 1 rings (SSSR count). The first-order chi connectivity index (χ1) is 7.95. The third-order valence-corrected chi connectivity index (χ3v) is 4.31. The Balaban J connectivity index is 2.61. The molecule has 0 saturated heterocycles. The Morgan fingerprint density at radius 1 is 1.35 bits per heavy atom. The molecule has 0 aromatic rings. The first kappa shape index (κ1) is 14.4. The van der Waals surface area contributed by atoms with Gasteiger partial charge in [0.2, 0.25) is 15.9 Å². The van der Waals surface area contributed by atoms with Crippen molar-refractivity contribution in [3.63, 3.8) is 0 Å². The molecular formula is C11H22N2O3S. The van der Waals surface area contributed by atoms with Crippen molar-refractivity contribution in [2.75, 3.05) is 19.3 Å². The molecule has 1 aliphatic rings. The molecule has 100 valence electrons. The van der Waals surface area contributed by atoms with E-state index in [-0.39, 0.29) is 18.5 Å². The van der Waals surface area contributed by atoms with Crippen molar-refractivity contribution >= 4 is 15.9 Å². The van der Waals surface area contributed by atoms with E-state index in [4.69, 9.17) is 0 Å². The van der Waals surface area contributed by atoms with Gasteiger partial charge in [-0.3, -0.25) is 4.79 Å². The summed E-state index contributed by atoms with van der Waals surface area (Å²) in [5.41, 5.74) is 0. The molecule has 0 radical (unpaired) electrons. The van der Waals surface area contributed by atoms with Gasteiger partial charge >= 0.3 is 0 Å². The van der Waals surface area contributed by atoms with Gasteiger partial charge in [-0.25, -0.2) is 8.42 Å². The number of hydrogen-bond donors (Lipinski definition) is 1. The summed E-state index contributed by atoms with van der Waals surface area (Å²) in [5, 5.41) is 2.71. The second-order valence-corrected chi connectivity index (χ2v) is 6.53. The van der Waals surface area contributed by atoms with E-state index in [0.717, 1.165) is 32.1 Å². The summed E-state index contributed by atoms with van der Waals surface area (Å²) >= 11 is 0. The highest BCUT2D eigenvalue weighted by Gasteiger charge is 2.30. The van der Waals surface area contributed by atoms with Crippen molar-refractivity contribution in [3.8, 4) is 0 Å². The predicted octanol–water partition coefficient (Wildman–Crippen LogP) is 0.717. The van der Waals surface area contributed by atoms with Crippen LogP contribution in [0.3, 0.4) is 0 Å². The van der Waals surface area contributed by atoms with Crippen molar-refractivity contribution < 1.29 is 13.2 Å². The summed E-state index contributed by atoms with van der Waals surface area (Å²) in [7, 11) is -3.30. The maximum Gasteiger partial charge on any atom is 0.235 e. The smallest absolute Gasteiger partial charge is 0.235 e. The van der Waals surface area contributed by atoms with Crippen molar-refractivity contribution in [3.05, 3.63) is 0 Å². The molecule has 0 heterocycles. The minimum atomic E-state index is -3.30. The van der Waals surface area contributed by atoms with Crippen LogP contribution in [0.25, 0.3) is 0 Å². The van der Waals surface area contributed by atoms with Crippen LogP contribution in [-0.2, 0) is 14.8 Å². The third-order valence-electron chi connectivity index (χ3n) is 3.03. The van der Waals surface area contributed by atoms with E-state index in [2.05, 4.69) is 5.32 Å². The SMILES string of the molecule is CCCNC(=O)CN(C1CCCC1)S(C)(=O)=O. The van der Waals surface area contributed by atoms with Gasteiger partial charge in [0.05, 0.1) is 12.8 Å². The molecule has 0 bridgehead atoms. The van der Waals surface area contributed by atoms with Crippen LogP contribution in [0.15, 0.2) is 0 Å². The zero-order chi connectivity index (χ0) is 12.9. The fourth-order valence-electron chi connectivity index (χ4n) is 2.17. The minimum Gasteiger partial charge on any atom is -0.355 e.